The number of methoxy groups -OCH3 is 1. The second-order valence-corrected chi connectivity index (χ2v) is 3.87. The fourth-order valence-corrected chi connectivity index (χ4v) is 1.53. The van der Waals surface area contributed by atoms with Crippen LogP contribution in [0.5, 0.6) is 0 Å². The molecule has 0 atom stereocenters. The number of aromatic nitrogens is 2. The average Bonchev–Trinajstić information content (AvgIpc) is 2.93. The minimum absolute atomic E-state index is 0.665. The molecule has 5 nitrogen and oxygen atoms in total. The van der Waals surface area contributed by atoms with Crippen LogP contribution in [0.3, 0.4) is 0 Å². The van der Waals surface area contributed by atoms with Crippen molar-refractivity contribution in [3.8, 4) is 0 Å². The van der Waals surface area contributed by atoms with Gasteiger partial charge in [0.25, 0.3) is 0 Å². The van der Waals surface area contributed by atoms with Gasteiger partial charge in [-0.3, -0.25) is 4.68 Å². The van der Waals surface area contributed by atoms with Crippen molar-refractivity contribution in [2.75, 3.05) is 19.0 Å². The summed E-state index contributed by atoms with van der Waals surface area (Å²) in [7, 11) is 1.68. The van der Waals surface area contributed by atoms with E-state index in [-0.39, 0.29) is 0 Å². The molecule has 5 heteroatoms. The van der Waals surface area contributed by atoms with E-state index < -0.39 is 0 Å². The van der Waals surface area contributed by atoms with Gasteiger partial charge in [0, 0.05) is 13.3 Å². The molecule has 0 aliphatic rings. The number of ether oxygens (including phenoxy) is 1. The van der Waals surface area contributed by atoms with Gasteiger partial charge in [-0.25, -0.2) is 0 Å². The summed E-state index contributed by atoms with van der Waals surface area (Å²) in [5, 5.41) is 7.49. The first-order chi connectivity index (χ1) is 8.29. The lowest BCUT2D eigenvalue weighted by atomic mass is 10.3. The second-order valence-electron chi connectivity index (χ2n) is 3.87. The summed E-state index contributed by atoms with van der Waals surface area (Å²) in [6.45, 7) is 4.13. The largest absolute Gasteiger partial charge is 0.467 e. The summed E-state index contributed by atoms with van der Waals surface area (Å²) < 4.78 is 12.2. The standard InChI is InChI=1S/C12H17N3O2/c1-10-3-5-17-12(10)8-13-11-7-14-15(9-11)4-6-16-2/h3,5,7,9,13H,4,6,8H2,1-2H3. The lowest BCUT2D eigenvalue weighted by Gasteiger charge is -2.01. The van der Waals surface area contributed by atoms with Gasteiger partial charge in [0.1, 0.15) is 5.76 Å². The number of rotatable bonds is 6. The number of hydrogen-bond acceptors (Lipinski definition) is 4. The second kappa shape index (κ2) is 5.54. The normalized spacial score (nSPS) is 10.7. The highest BCUT2D eigenvalue weighted by atomic mass is 16.5. The van der Waals surface area contributed by atoms with Crippen LogP contribution in [0.4, 0.5) is 5.69 Å². The summed E-state index contributed by atoms with van der Waals surface area (Å²) in [6, 6.07) is 1.96. The van der Waals surface area contributed by atoms with Gasteiger partial charge in [-0.15, -0.1) is 0 Å². The highest BCUT2D eigenvalue weighted by Gasteiger charge is 2.02. The maximum Gasteiger partial charge on any atom is 0.125 e. The Balaban J connectivity index is 1.87. The van der Waals surface area contributed by atoms with E-state index in [1.807, 2.05) is 23.9 Å². The van der Waals surface area contributed by atoms with E-state index in [0.29, 0.717) is 13.2 Å². The minimum atomic E-state index is 0.665. The fraction of sp³-hybridized carbons (Fsp3) is 0.417. The van der Waals surface area contributed by atoms with Crippen LogP contribution in [0.15, 0.2) is 29.1 Å². The first-order valence-electron chi connectivity index (χ1n) is 5.58. The molecular weight excluding hydrogens is 218 g/mol. The van der Waals surface area contributed by atoms with Crippen LogP contribution in [-0.2, 0) is 17.8 Å². The van der Waals surface area contributed by atoms with E-state index in [1.165, 1.54) is 0 Å². The molecule has 0 radical (unpaired) electrons. The maximum absolute atomic E-state index is 5.35. The Morgan fingerprint density at radius 2 is 2.41 bits per heavy atom. The van der Waals surface area contributed by atoms with Crippen molar-refractivity contribution in [2.45, 2.75) is 20.0 Å². The molecular formula is C12H17N3O2. The maximum atomic E-state index is 5.35. The number of hydrogen-bond donors (Lipinski definition) is 1. The summed E-state index contributed by atoms with van der Waals surface area (Å²) in [4.78, 5) is 0. The number of nitrogens with one attached hydrogen (secondary N) is 1. The lowest BCUT2D eigenvalue weighted by molar-refractivity contribution is 0.183. The zero-order valence-corrected chi connectivity index (χ0v) is 10.1. The van der Waals surface area contributed by atoms with Crippen molar-refractivity contribution in [3.05, 3.63) is 36.0 Å². The van der Waals surface area contributed by atoms with E-state index in [0.717, 1.165) is 23.6 Å². The highest BCUT2D eigenvalue weighted by Crippen LogP contribution is 2.12. The Morgan fingerprint density at radius 3 is 3.12 bits per heavy atom. The molecule has 0 amide bonds. The summed E-state index contributed by atoms with van der Waals surface area (Å²) in [5.41, 5.74) is 2.14. The highest BCUT2D eigenvalue weighted by molar-refractivity contribution is 5.38. The average molecular weight is 235 g/mol. The Morgan fingerprint density at radius 1 is 1.53 bits per heavy atom. The van der Waals surface area contributed by atoms with Gasteiger partial charge in [-0.05, 0) is 18.6 Å². The number of anilines is 1. The molecule has 92 valence electrons. The molecule has 0 spiro atoms. The summed E-state index contributed by atoms with van der Waals surface area (Å²) in [5.74, 6) is 0.953. The molecule has 1 N–H and O–H groups in total. The Hall–Kier alpha value is -1.75. The van der Waals surface area contributed by atoms with E-state index in [1.54, 1.807) is 19.6 Å². The van der Waals surface area contributed by atoms with Crippen LogP contribution < -0.4 is 5.32 Å². The molecule has 0 fully saturated rings. The number of furan rings is 1. The molecule has 0 aromatic carbocycles. The van der Waals surface area contributed by atoms with E-state index in [4.69, 9.17) is 9.15 Å². The third-order valence-electron chi connectivity index (χ3n) is 2.58. The van der Waals surface area contributed by atoms with Gasteiger partial charge in [-0.2, -0.15) is 5.10 Å². The molecule has 2 rings (SSSR count). The van der Waals surface area contributed by atoms with Crippen molar-refractivity contribution in [3.63, 3.8) is 0 Å². The smallest absolute Gasteiger partial charge is 0.125 e. The molecule has 0 saturated heterocycles. The third-order valence-corrected chi connectivity index (χ3v) is 2.58. The SMILES string of the molecule is COCCn1cc(NCc2occc2C)cn1. The number of nitrogens with zero attached hydrogens (tertiary/aromatic N) is 2. The lowest BCUT2D eigenvalue weighted by Crippen LogP contribution is -2.04. The first-order valence-corrected chi connectivity index (χ1v) is 5.58. The molecule has 2 heterocycles. The Labute approximate surface area is 100 Å². The van der Waals surface area contributed by atoms with Crippen LogP contribution in [-0.4, -0.2) is 23.5 Å². The molecule has 0 aliphatic heterocycles. The number of aryl methyl sites for hydroxylation is 1. The van der Waals surface area contributed by atoms with Crippen molar-refractivity contribution in [1.29, 1.82) is 0 Å². The van der Waals surface area contributed by atoms with Gasteiger partial charge in [0.15, 0.2) is 0 Å². The van der Waals surface area contributed by atoms with Gasteiger partial charge in [0.2, 0.25) is 0 Å². The zero-order valence-electron chi connectivity index (χ0n) is 10.1. The van der Waals surface area contributed by atoms with Crippen LogP contribution >= 0.6 is 0 Å². The third kappa shape index (κ3) is 3.10. The monoisotopic (exact) mass is 235 g/mol. The predicted molar refractivity (Wildman–Crippen MR) is 64.9 cm³/mol. The summed E-state index contributed by atoms with van der Waals surface area (Å²) >= 11 is 0. The molecule has 2 aromatic rings. The predicted octanol–water partition coefficient (Wildman–Crippen LogP) is 2.04. The molecule has 0 aliphatic carbocycles. The van der Waals surface area contributed by atoms with E-state index >= 15 is 0 Å². The van der Waals surface area contributed by atoms with Crippen LogP contribution in [0, 0.1) is 6.92 Å². The molecule has 0 unspecified atom stereocenters. The van der Waals surface area contributed by atoms with Crippen molar-refractivity contribution in [2.24, 2.45) is 0 Å². The topological polar surface area (TPSA) is 52.2 Å². The molecule has 2 aromatic heterocycles. The molecule has 0 saturated carbocycles. The van der Waals surface area contributed by atoms with Gasteiger partial charge in [0.05, 0.1) is 37.8 Å². The van der Waals surface area contributed by atoms with Gasteiger partial charge in [-0.1, -0.05) is 0 Å². The van der Waals surface area contributed by atoms with Crippen LogP contribution in [0.1, 0.15) is 11.3 Å². The quantitative estimate of drug-likeness (QED) is 0.832. The zero-order chi connectivity index (χ0) is 12.1. The Kier molecular flexibility index (Phi) is 3.82. The van der Waals surface area contributed by atoms with Crippen LogP contribution in [0.2, 0.25) is 0 Å². The van der Waals surface area contributed by atoms with Gasteiger partial charge >= 0.3 is 0 Å². The van der Waals surface area contributed by atoms with E-state index in [2.05, 4.69) is 10.4 Å². The van der Waals surface area contributed by atoms with Crippen molar-refractivity contribution >= 4 is 5.69 Å². The first kappa shape index (κ1) is 11.7. The molecule has 17 heavy (non-hydrogen) atoms. The minimum Gasteiger partial charge on any atom is -0.467 e. The van der Waals surface area contributed by atoms with Crippen molar-refractivity contribution in [1.82, 2.24) is 9.78 Å². The van der Waals surface area contributed by atoms with Crippen LogP contribution in [0.25, 0.3) is 0 Å². The fourth-order valence-electron chi connectivity index (χ4n) is 1.53. The van der Waals surface area contributed by atoms with Crippen molar-refractivity contribution < 1.29 is 9.15 Å². The van der Waals surface area contributed by atoms with E-state index in [9.17, 15) is 0 Å². The van der Waals surface area contributed by atoms with Gasteiger partial charge < -0.3 is 14.5 Å². The molecule has 0 bridgehead atoms. The summed E-state index contributed by atoms with van der Waals surface area (Å²) in [6.07, 6.45) is 5.46. The Bertz CT molecular complexity index is 462.